The lowest BCUT2D eigenvalue weighted by atomic mass is 10.2. The first-order chi connectivity index (χ1) is 6.50. The van der Waals surface area contributed by atoms with Gasteiger partial charge in [-0.15, -0.1) is 0 Å². The Labute approximate surface area is 91.9 Å². The monoisotopic (exact) mass is 231 g/mol. The summed E-state index contributed by atoms with van der Waals surface area (Å²) in [5.41, 5.74) is 7.14. The van der Waals surface area contributed by atoms with E-state index in [2.05, 4.69) is 0 Å². The van der Waals surface area contributed by atoms with Crippen LogP contribution in [0.15, 0.2) is 18.2 Å². The Morgan fingerprint density at radius 3 is 2.71 bits per heavy atom. The van der Waals surface area contributed by atoms with Crippen LogP contribution in [0.25, 0.3) is 0 Å². The second kappa shape index (κ2) is 4.80. The fraction of sp³-hybridized carbons (Fsp3) is 0.400. The second-order valence-corrected chi connectivity index (χ2v) is 5.82. The van der Waals surface area contributed by atoms with Crippen LogP contribution in [0, 0.1) is 0 Å². The molecule has 1 aromatic carbocycles. The largest absolute Gasteiger partial charge is 0.399 e. The van der Waals surface area contributed by atoms with Crippen LogP contribution >= 0.6 is 11.6 Å². The molecule has 0 aromatic heterocycles. The number of benzene rings is 1. The SMILES string of the molecule is CC(C)S(=O)Cc1cc(N)ccc1Cl. The van der Waals surface area contributed by atoms with Crippen molar-refractivity contribution in [2.45, 2.75) is 24.9 Å². The van der Waals surface area contributed by atoms with Gasteiger partial charge in [0.25, 0.3) is 0 Å². The number of nitrogen functional groups attached to an aromatic ring is 1. The maximum absolute atomic E-state index is 11.6. The van der Waals surface area contributed by atoms with Crippen LogP contribution < -0.4 is 5.73 Å². The number of nitrogens with two attached hydrogens (primary N) is 1. The van der Waals surface area contributed by atoms with E-state index < -0.39 is 10.8 Å². The Bertz CT molecular complexity index is 352. The van der Waals surface area contributed by atoms with Crippen LogP contribution in [-0.4, -0.2) is 9.46 Å². The van der Waals surface area contributed by atoms with Crippen molar-refractivity contribution in [3.8, 4) is 0 Å². The quantitative estimate of drug-likeness (QED) is 0.813. The van der Waals surface area contributed by atoms with Crippen molar-refractivity contribution in [2.75, 3.05) is 5.73 Å². The van der Waals surface area contributed by atoms with Crippen LogP contribution in [0.2, 0.25) is 5.02 Å². The normalized spacial score (nSPS) is 13.1. The molecule has 14 heavy (non-hydrogen) atoms. The molecule has 0 aliphatic carbocycles. The number of rotatable bonds is 3. The highest BCUT2D eigenvalue weighted by molar-refractivity contribution is 7.84. The molecule has 0 heterocycles. The highest BCUT2D eigenvalue weighted by Crippen LogP contribution is 2.21. The molecule has 1 unspecified atom stereocenters. The molecule has 0 amide bonds. The van der Waals surface area contributed by atoms with E-state index in [1.54, 1.807) is 18.2 Å². The van der Waals surface area contributed by atoms with Gasteiger partial charge in [0.1, 0.15) is 0 Å². The molecule has 0 aliphatic rings. The smallest absolute Gasteiger partial charge is 0.0503 e. The molecule has 2 nitrogen and oxygen atoms in total. The summed E-state index contributed by atoms with van der Waals surface area (Å²) in [6.45, 7) is 3.85. The minimum absolute atomic E-state index is 0.146. The molecule has 0 radical (unpaired) electrons. The number of hydrogen-bond donors (Lipinski definition) is 1. The van der Waals surface area contributed by atoms with Gasteiger partial charge in [-0.1, -0.05) is 25.4 Å². The molecule has 1 rings (SSSR count). The van der Waals surface area contributed by atoms with Gasteiger partial charge in [-0.2, -0.15) is 0 Å². The standard InChI is InChI=1S/C10H14ClNOS/c1-7(2)14(13)6-8-5-9(12)3-4-10(8)11/h3-5,7H,6,12H2,1-2H3. The predicted octanol–water partition coefficient (Wildman–Crippen LogP) is 2.58. The summed E-state index contributed by atoms with van der Waals surface area (Å²) < 4.78 is 11.6. The van der Waals surface area contributed by atoms with Crippen LogP contribution in [0.4, 0.5) is 5.69 Å². The van der Waals surface area contributed by atoms with E-state index in [-0.39, 0.29) is 5.25 Å². The van der Waals surface area contributed by atoms with E-state index in [9.17, 15) is 4.21 Å². The van der Waals surface area contributed by atoms with Crippen molar-refractivity contribution in [2.24, 2.45) is 0 Å². The average Bonchev–Trinajstić information content (AvgIpc) is 2.11. The molecule has 0 spiro atoms. The molecule has 0 aliphatic heterocycles. The molecule has 0 bridgehead atoms. The van der Waals surface area contributed by atoms with E-state index in [4.69, 9.17) is 17.3 Å². The topological polar surface area (TPSA) is 43.1 Å². The summed E-state index contributed by atoms with van der Waals surface area (Å²) in [4.78, 5) is 0. The van der Waals surface area contributed by atoms with Crippen molar-refractivity contribution in [1.29, 1.82) is 0 Å². The fourth-order valence-electron chi connectivity index (χ4n) is 1.03. The van der Waals surface area contributed by atoms with Gasteiger partial charge in [-0.05, 0) is 23.8 Å². The first-order valence-corrected chi connectivity index (χ1v) is 6.18. The van der Waals surface area contributed by atoms with E-state index >= 15 is 0 Å². The Morgan fingerprint density at radius 2 is 2.14 bits per heavy atom. The first-order valence-electron chi connectivity index (χ1n) is 4.41. The highest BCUT2D eigenvalue weighted by atomic mass is 35.5. The third-order valence-electron chi connectivity index (χ3n) is 1.89. The Hall–Kier alpha value is -0.540. The van der Waals surface area contributed by atoms with Crippen LogP contribution in [0.5, 0.6) is 0 Å². The molecule has 4 heteroatoms. The molecular weight excluding hydrogens is 218 g/mol. The number of halogens is 1. The molecule has 78 valence electrons. The minimum Gasteiger partial charge on any atom is -0.399 e. The number of anilines is 1. The second-order valence-electron chi connectivity index (χ2n) is 3.42. The van der Waals surface area contributed by atoms with E-state index in [0.717, 1.165) is 5.56 Å². The number of hydrogen-bond acceptors (Lipinski definition) is 2. The minimum atomic E-state index is -0.881. The first kappa shape index (κ1) is 11.5. The van der Waals surface area contributed by atoms with Crippen molar-refractivity contribution in [1.82, 2.24) is 0 Å². The van der Waals surface area contributed by atoms with Gasteiger partial charge in [-0.3, -0.25) is 4.21 Å². The van der Waals surface area contributed by atoms with E-state index in [0.29, 0.717) is 16.5 Å². The molecule has 2 N–H and O–H groups in total. The average molecular weight is 232 g/mol. The summed E-state index contributed by atoms with van der Waals surface area (Å²) in [5.74, 6) is 0.474. The Kier molecular flexibility index (Phi) is 3.96. The lowest BCUT2D eigenvalue weighted by Gasteiger charge is -2.07. The summed E-state index contributed by atoms with van der Waals surface area (Å²) >= 11 is 5.95. The summed E-state index contributed by atoms with van der Waals surface area (Å²) in [6.07, 6.45) is 0. The zero-order valence-electron chi connectivity index (χ0n) is 8.29. The van der Waals surface area contributed by atoms with E-state index in [1.807, 2.05) is 13.8 Å². The maximum Gasteiger partial charge on any atom is 0.0503 e. The van der Waals surface area contributed by atoms with Crippen molar-refractivity contribution >= 4 is 28.1 Å². The molecular formula is C10H14ClNOS. The van der Waals surface area contributed by atoms with Gasteiger partial charge in [0.2, 0.25) is 0 Å². The zero-order chi connectivity index (χ0) is 10.7. The predicted molar refractivity (Wildman–Crippen MR) is 62.8 cm³/mol. The molecule has 0 fully saturated rings. The highest BCUT2D eigenvalue weighted by Gasteiger charge is 2.09. The fourth-order valence-corrected chi connectivity index (χ4v) is 2.17. The van der Waals surface area contributed by atoms with Gasteiger partial charge in [0.05, 0.1) is 5.75 Å². The van der Waals surface area contributed by atoms with Crippen molar-refractivity contribution in [3.63, 3.8) is 0 Å². The molecule has 1 aromatic rings. The third-order valence-corrected chi connectivity index (χ3v) is 3.91. The molecule has 0 saturated heterocycles. The summed E-state index contributed by atoms with van der Waals surface area (Å²) in [6, 6.07) is 5.26. The van der Waals surface area contributed by atoms with Gasteiger partial charge >= 0.3 is 0 Å². The van der Waals surface area contributed by atoms with Gasteiger partial charge < -0.3 is 5.73 Å². The Morgan fingerprint density at radius 1 is 1.50 bits per heavy atom. The lowest BCUT2D eigenvalue weighted by Crippen LogP contribution is -2.08. The van der Waals surface area contributed by atoms with Crippen LogP contribution in [0.1, 0.15) is 19.4 Å². The van der Waals surface area contributed by atoms with Gasteiger partial charge in [-0.25, -0.2) is 0 Å². The third kappa shape index (κ3) is 3.00. The summed E-state index contributed by atoms with van der Waals surface area (Å²) in [5, 5.41) is 0.778. The van der Waals surface area contributed by atoms with Gasteiger partial charge in [0, 0.05) is 26.8 Å². The molecule has 0 saturated carbocycles. The Balaban J connectivity index is 2.86. The molecule has 1 atom stereocenters. The van der Waals surface area contributed by atoms with Crippen molar-refractivity contribution < 1.29 is 4.21 Å². The summed E-state index contributed by atoms with van der Waals surface area (Å²) in [7, 11) is -0.881. The van der Waals surface area contributed by atoms with Crippen LogP contribution in [-0.2, 0) is 16.6 Å². The maximum atomic E-state index is 11.6. The van der Waals surface area contributed by atoms with E-state index in [1.165, 1.54) is 0 Å². The lowest BCUT2D eigenvalue weighted by molar-refractivity contribution is 0.676. The van der Waals surface area contributed by atoms with Crippen molar-refractivity contribution in [3.05, 3.63) is 28.8 Å². The zero-order valence-corrected chi connectivity index (χ0v) is 9.86. The van der Waals surface area contributed by atoms with Gasteiger partial charge in [0.15, 0.2) is 0 Å². The van der Waals surface area contributed by atoms with Crippen LogP contribution in [0.3, 0.4) is 0 Å².